The number of piperidine rings is 1. The van der Waals surface area contributed by atoms with E-state index in [1.54, 1.807) is 0 Å². The minimum atomic E-state index is 0.645. The fraction of sp³-hybridized carbons (Fsp3) is 0.857. The summed E-state index contributed by atoms with van der Waals surface area (Å²) in [5, 5.41) is 0. The summed E-state index contributed by atoms with van der Waals surface area (Å²) in [4.78, 5) is 2.12. The molecule has 1 aliphatic rings. The van der Waals surface area contributed by atoms with Gasteiger partial charge in [0.25, 0.3) is 0 Å². The van der Waals surface area contributed by atoms with Gasteiger partial charge in [0.2, 0.25) is 0 Å². The van der Waals surface area contributed by atoms with Gasteiger partial charge in [-0.05, 0) is 18.8 Å². The van der Waals surface area contributed by atoms with Crippen LogP contribution in [-0.2, 0) is 12.6 Å². The third kappa shape index (κ3) is 2.06. The molecule has 0 bridgehead atoms. The SMILES string of the molecule is CC1CCCN(C(=S)[S-])C1. The van der Waals surface area contributed by atoms with Gasteiger partial charge in [-0.2, -0.15) is 0 Å². The lowest BCUT2D eigenvalue weighted by Gasteiger charge is -2.35. The maximum absolute atomic E-state index is 4.91. The molecule has 0 radical (unpaired) electrons. The van der Waals surface area contributed by atoms with Crippen molar-refractivity contribution < 1.29 is 0 Å². The summed E-state index contributed by atoms with van der Waals surface area (Å²) in [6.45, 7) is 4.40. The zero-order chi connectivity index (χ0) is 7.56. The molecule has 0 saturated carbocycles. The monoisotopic (exact) mass is 174 g/mol. The Bertz CT molecular complexity index is 136. The fourth-order valence-corrected chi connectivity index (χ4v) is 1.69. The summed E-state index contributed by atoms with van der Waals surface area (Å²) in [7, 11) is 0. The Hall–Kier alpha value is 0.110. The molecular weight excluding hydrogens is 162 g/mol. The highest BCUT2D eigenvalue weighted by atomic mass is 32.1. The predicted molar refractivity (Wildman–Crippen MR) is 49.9 cm³/mol. The van der Waals surface area contributed by atoms with Crippen molar-refractivity contribution in [1.82, 2.24) is 4.90 Å². The molecule has 58 valence electrons. The second kappa shape index (κ2) is 3.49. The molecule has 0 aliphatic carbocycles. The quantitative estimate of drug-likeness (QED) is 0.405. The topological polar surface area (TPSA) is 3.24 Å². The number of hydrogen-bond acceptors (Lipinski definition) is 2. The van der Waals surface area contributed by atoms with Crippen LogP contribution in [0.15, 0.2) is 0 Å². The van der Waals surface area contributed by atoms with Crippen molar-refractivity contribution >= 4 is 29.2 Å². The molecule has 1 fully saturated rings. The van der Waals surface area contributed by atoms with Crippen LogP contribution in [0.4, 0.5) is 0 Å². The highest BCUT2D eigenvalue weighted by molar-refractivity contribution is 8.00. The minimum absolute atomic E-state index is 0.645. The number of nitrogens with zero attached hydrogens (tertiary/aromatic N) is 1. The van der Waals surface area contributed by atoms with Crippen LogP contribution in [0.3, 0.4) is 0 Å². The standard InChI is InChI=1S/C7H13NS2/c1-6-3-2-4-8(5-6)7(9)10/h6H,2-5H2,1H3,(H,9,10)/p-1. The van der Waals surface area contributed by atoms with Crippen LogP contribution in [0.25, 0.3) is 0 Å². The van der Waals surface area contributed by atoms with E-state index >= 15 is 0 Å². The van der Waals surface area contributed by atoms with Crippen LogP contribution < -0.4 is 0 Å². The van der Waals surface area contributed by atoms with Crippen molar-refractivity contribution in [2.24, 2.45) is 5.92 Å². The first kappa shape index (κ1) is 8.21. The summed E-state index contributed by atoms with van der Waals surface area (Å²) >= 11 is 9.82. The molecule has 0 amide bonds. The average Bonchev–Trinajstić information content (AvgIpc) is 1.88. The molecule has 1 nitrogen and oxygen atoms in total. The Morgan fingerprint density at radius 3 is 2.80 bits per heavy atom. The van der Waals surface area contributed by atoms with Crippen LogP contribution in [0.2, 0.25) is 0 Å². The van der Waals surface area contributed by atoms with Gasteiger partial charge < -0.3 is 29.7 Å². The van der Waals surface area contributed by atoms with Crippen molar-refractivity contribution in [3.63, 3.8) is 0 Å². The zero-order valence-electron chi connectivity index (χ0n) is 6.17. The van der Waals surface area contributed by atoms with Crippen molar-refractivity contribution in [3.05, 3.63) is 0 Å². The molecule has 1 unspecified atom stereocenters. The first-order chi connectivity index (χ1) is 4.70. The van der Waals surface area contributed by atoms with Crippen LogP contribution >= 0.6 is 12.2 Å². The van der Waals surface area contributed by atoms with Crippen molar-refractivity contribution in [2.75, 3.05) is 13.1 Å². The van der Waals surface area contributed by atoms with E-state index < -0.39 is 0 Å². The second-order valence-electron chi connectivity index (χ2n) is 2.96. The smallest absolute Gasteiger partial charge is 0.0188 e. The number of thiocarbonyl (C=S) groups is 1. The average molecular weight is 174 g/mol. The van der Waals surface area contributed by atoms with Gasteiger partial charge in [0.15, 0.2) is 0 Å². The van der Waals surface area contributed by atoms with E-state index in [9.17, 15) is 0 Å². The third-order valence-corrected chi connectivity index (χ3v) is 2.43. The number of likely N-dealkylation sites (tertiary alicyclic amines) is 1. The molecular formula is C7H12NS2-. The third-order valence-electron chi connectivity index (χ3n) is 1.92. The van der Waals surface area contributed by atoms with Crippen molar-refractivity contribution in [1.29, 1.82) is 0 Å². The predicted octanol–water partition coefficient (Wildman–Crippen LogP) is 1.55. The Balaban J connectivity index is 2.39. The number of rotatable bonds is 0. The molecule has 0 N–H and O–H groups in total. The van der Waals surface area contributed by atoms with E-state index in [2.05, 4.69) is 11.8 Å². The highest BCUT2D eigenvalue weighted by Crippen LogP contribution is 2.15. The molecule has 10 heavy (non-hydrogen) atoms. The maximum Gasteiger partial charge on any atom is 0.0188 e. The fourth-order valence-electron chi connectivity index (χ4n) is 1.36. The first-order valence-electron chi connectivity index (χ1n) is 3.66. The van der Waals surface area contributed by atoms with E-state index in [-0.39, 0.29) is 0 Å². The molecule has 0 spiro atoms. The second-order valence-corrected chi connectivity index (χ2v) is 3.99. The lowest BCUT2D eigenvalue weighted by molar-refractivity contribution is 0.280. The van der Waals surface area contributed by atoms with E-state index in [0.717, 1.165) is 19.0 Å². The van der Waals surface area contributed by atoms with Crippen LogP contribution in [0.1, 0.15) is 19.8 Å². The molecule has 3 heteroatoms. The van der Waals surface area contributed by atoms with E-state index in [1.165, 1.54) is 12.8 Å². The van der Waals surface area contributed by atoms with Gasteiger partial charge in [0, 0.05) is 13.1 Å². The van der Waals surface area contributed by atoms with Gasteiger partial charge in [0.1, 0.15) is 0 Å². The lowest BCUT2D eigenvalue weighted by Crippen LogP contribution is -2.36. The molecule has 0 aromatic heterocycles. The highest BCUT2D eigenvalue weighted by Gasteiger charge is 2.13. The Morgan fingerprint density at radius 1 is 1.70 bits per heavy atom. The first-order valence-corrected chi connectivity index (χ1v) is 4.47. The Kier molecular flexibility index (Phi) is 2.86. The molecule has 1 rings (SSSR count). The molecule has 1 aliphatic heterocycles. The maximum atomic E-state index is 4.91. The van der Waals surface area contributed by atoms with Crippen LogP contribution in [-0.4, -0.2) is 22.3 Å². The summed E-state index contributed by atoms with van der Waals surface area (Å²) < 4.78 is 0.645. The van der Waals surface area contributed by atoms with Crippen LogP contribution in [0.5, 0.6) is 0 Å². The normalized spacial score (nSPS) is 26.5. The van der Waals surface area contributed by atoms with E-state index in [0.29, 0.717) is 4.32 Å². The molecule has 0 aromatic carbocycles. The van der Waals surface area contributed by atoms with Crippen molar-refractivity contribution in [3.8, 4) is 0 Å². The minimum Gasteiger partial charge on any atom is -0.411 e. The summed E-state index contributed by atoms with van der Waals surface area (Å²) in [5.41, 5.74) is 0. The van der Waals surface area contributed by atoms with Gasteiger partial charge in [-0.25, -0.2) is 0 Å². The van der Waals surface area contributed by atoms with Gasteiger partial charge >= 0.3 is 0 Å². The van der Waals surface area contributed by atoms with Gasteiger partial charge in [-0.3, -0.25) is 0 Å². The van der Waals surface area contributed by atoms with Crippen LogP contribution in [0, 0.1) is 5.92 Å². The Labute approximate surface area is 73.2 Å². The molecule has 1 heterocycles. The number of hydrogen-bond donors (Lipinski definition) is 0. The van der Waals surface area contributed by atoms with Crippen molar-refractivity contribution in [2.45, 2.75) is 19.8 Å². The van der Waals surface area contributed by atoms with Gasteiger partial charge in [-0.15, -0.1) is 0 Å². The molecule has 1 saturated heterocycles. The molecule has 0 aromatic rings. The summed E-state index contributed by atoms with van der Waals surface area (Å²) in [6, 6.07) is 0. The largest absolute Gasteiger partial charge is 0.411 e. The molecule has 1 atom stereocenters. The Morgan fingerprint density at radius 2 is 2.40 bits per heavy atom. The van der Waals surface area contributed by atoms with E-state index in [1.807, 2.05) is 0 Å². The van der Waals surface area contributed by atoms with Gasteiger partial charge in [-0.1, -0.05) is 11.2 Å². The summed E-state index contributed by atoms with van der Waals surface area (Å²) in [5.74, 6) is 0.773. The summed E-state index contributed by atoms with van der Waals surface area (Å²) in [6.07, 6.45) is 2.58. The van der Waals surface area contributed by atoms with E-state index in [4.69, 9.17) is 24.8 Å². The zero-order valence-corrected chi connectivity index (χ0v) is 7.80. The lowest BCUT2D eigenvalue weighted by atomic mass is 10.0. The van der Waals surface area contributed by atoms with Gasteiger partial charge in [0.05, 0.1) is 0 Å².